The molecule has 1 aliphatic carbocycles. The zero-order valence-electron chi connectivity index (χ0n) is 12.2. The molecule has 1 aromatic rings. The monoisotopic (exact) mass is 291 g/mol. The van der Waals surface area contributed by atoms with E-state index in [1.165, 1.54) is 0 Å². The molecule has 0 spiro atoms. The number of amides is 1. The van der Waals surface area contributed by atoms with Crippen molar-refractivity contribution in [3.05, 3.63) is 29.8 Å². The van der Waals surface area contributed by atoms with Gasteiger partial charge in [-0.3, -0.25) is 9.59 Å². The molecular formula is C16H21NO4. The number of hydrogen-bond donors (Lipinski definition) is 2. The first-order chi connectivity index (χ1) is 10.1. The fraction of sp³-hybridized carbons (Fsp3) is 0.500. The second-order valence-electron chi connectivity index (χ2n) is 5.44. The Balaban J connectivity index is 1.79. The lowest BCUT2D eigenvalue weighted by Gasteiger charge is -2.34. The molecule has 2 rings (SSSR count). The zero-order chi connectivity index (χ0) is 15.2. The van der Waals surface area contributed by atoms with Gasteiger partial charge in [-0.2, -0.15) is 0 Å². The number of nitrogens with one attached hydrogen (secondary N) is 1. The molecule has 0 saturated heterocycles. The summed E-state index contributed by atoms with van der Waals surface area (Å²) < 4.78 is 5.47. The van der Waals surface area contributed by atoms with Crippen molar-refractivity contribution in [2.24, 2.45) is 5.92 Å². The molecule has 21 heavy (non-hydrogen) atoms. The van der Waals surface area contributed by atoms with Crippen molar-refractivity contribution in [3.8, 4) is 0 Å². The predicted molar refractivity (Wildman–Crippen MR) is 79.2 cm³/mol. The van der Waals surface area contributed by atoms with Gasteiger partial charge in [-0.15, -0.1) is 0 Å². The summed E-state index contributed by atoms with van der Waals surface area (Å²) in [6.45, 7) is 2.70. The van der Waals surface area contributed by atoms with Gasteiger partial charge in [0.2, 0.25) is 5.91 Å². The molecule has 0 heterocycles. The molecule has 1 aromatic carbocycles. The van der Waals surface area contributed by atoms with Crippen LogP contribution in [0.1, 0.15) is 31.7 Å². The van der Waals surface area contributed by atoms with E-state index < -0.39 is 5.97 Å². The van der Waals surface area contributed by atoms with Crippen molar-refractivity contribution in [1.29, 1.82) is 0 Å². The highest BCUT2D eigenvalue weighted by atomic mass is 16.5. The number of carbonyl (C=O) groups excluding carboxylic acids is 1. The SMILES string of the molecule is CCOC1CC(CC(=O)Nc2cccc(CC(=O)O)c2)C1. The Morgan fingerprint density at radius 1 is 1.38 bits per heavy atom. The fourth-order valence-corrected chi connectivity index (χ4v) is 2.62. The number of ether oxygens (including phenoxy) is 1. The zero-order valence-corrected chi connectivity index (χ0v) is 12.2. The topological polar surface area (TPSA) is 75.6 Å². The van der Waals surface area contributed by atoms with E-state index in [1.807, 2.05) is 6.92 Å². The van der Waals surface area contributed by atoms with Gasteiger partial charge in [-0.1, -0.05) is 12.1 Å². The number of aliphatic carboxylic acids is 1. The average Bonchev–Trinajstić information content (AvgIpc) is 2.36. The Bertz CT molecular complexity index is 509. The van der Waals surface area contributed by atoms with Crippen LogP contribution in [-0.2, 0) is 20.7 Å². The van der Waals surface area contributed by atoms with Gasteiger partial charge < -0.3 is 15.2 Å². The number of anilines is 1. The number of benzene rings is 1. The molecule has 114 valence electrons. The van der Waals surface area contributed by atoms with Crippen molar-refractivity contribution in [2.45, 2.75) is 38.7 Å². The predicted octanol–water partition coefficient (Wildman–Crippen LogP) is 2.46. The maximum absolute atomic E-state index is 11.9. The first-order valence-electron chi connectivity index (χ1n) is 7.29. The maximum atomic E-state index is 11.9. The van der Waals surface area contributed by atoms with Crippen LogP contribution in [0.4, 0.5) is 5.69 Å². The Kier molecular flexibility index (Phi) is 5.33. The van der Waals surface area contributed by atoms with E-state index in [-0.39, 0.29) is 12.3 Å². The standard InChI is InChI=1S/C16H21NO4/c1-2-21-14-7-12(8-14)9-15(18)17-13-5-3-4-11(6-13)10-16(19)20/h3-6,12,14H,2,7-10H2,1H3,(H,17,18)(H,19,20). The van der Waals surface area contributed by atoms with Gasteiger partial charge in [0.1, 0.15) is 0 Å². The first-order valence-corrected chi connectivity index (χ1v) is 7.29. The van der Waals surface area contributed by atoms with Crippen LogP contribution in [0.2, 0.25) is 0 Å². The van der Waals surface area contributed by atoms with E-state index in [4.69, 9.17) is 9.84 Å². The highest BCUT2D eigenvalue weighted by Crippen LogP contribution is 2.32. The van der Waals surface area contributed by atoms with Crippen LogP contribution in [0, 0.1) is 5.92 Å². The maximum Gasteiger partial charge on any atom is 0.307 e. The lowest BCUT2D eigenvalue weighted by molar-refractivity contribution is -0.136. The molecule has 5 nitrogen and oxygen atoms in total. The summed E-state index contributed by atoms with van der Waals surface area (Å²) in [6, 6.07) is 6.97. The second-order valence-corrected chi connectivity index (χ2v) is 5.44. The molecule has 1 amide bonds. The third-order valence-corrected chi connectivity index (χ3v) is 3.63. The molecule has 0 unspecified atom stereocenters. The van der Waals surface area contributed by atoms with Crippen LogP contribution >= 0.6 is 0 Å². The van der Waals surface area contributed by atoms with Gasteiger partial charge in [-0.25, -0.2) is 0 Å². The van der Waals surface area contributed by atoms with Crippen LogP contribution in [0.5, 0.6) is 0 Å². The minimum atomic E-state index is -0.880. The van der Waals surface area contributed by atoms with Crippen LogP contribution in [0.15, 0.2) is 24.3 Å². The van der Waals surface area contributed by atoms with Gasteiger partial charge in [0.05, 0.1) is 12.5 Å². The van der Waals surface area contributed by atoms with E-state index in [2.05, 4.69) is 5.32 Å². The van der Waals surface area contributed by atoms with Crippen LogP contribution in [0.3, 0.4) is 0 Å². The van der Waals surface area contributed by atoms with Crippen molar-refractivity contribution < 1.29 is 19.4 Å². The number of carboxylic acid groups (broad SMARTS) is 1. The molecule has 0 radical (unpaired) electrons. The number of carboxylic acids is 1. The Labute approximate surface area is 124 Å². The van der Waals surface area contributed by atoms with Crippen LogP contribution < -0.4 is 5.32 Å². The van der Waals surface area contributed by atoms with E-state index in [9.17, 15) is 9.59 Å². The molecule has 0 aromatic heterocycles. The molecular weight excluding hydrogens is 270 g/mol. The van der Waals surface area contributed by atoms with E-state index >= 15 is 0 Å². The fourth-order valence-electron chi connectivity index (χ4n) is 2.62. The minimum absolute atomic E-state index is 0.0255. The van der Waals surface area contributed by atoms with Gasteiger partial charge in [0, 0.05) is 18.7 Å². The number of rotatable bonds is 7. The molecule has 0 bridgehead atoms. The third kappa shape index (κ3) is 4.86. The summed E-state index contributed by atoms with van der Waals surface area (Å²) in [4.78, 5) is 22.6. The Hall–Kier alpha value is -1.88. The molecule has 1 saturated carbocycles. The molecule has 0 atom stereocenters. The summed E-state index contributed by atoms with van der Waals surface area (Å²) in [6.07, 6.45) is 2.65. The third-order valence-electron chi connectivity index (χ3n) is 3.63. The Morgan fingerprint density at radius 3 is 2.81 bits per heavy atom. The summed E-state index contributed by atoms with van der Waals surface area (Å²) >= 11 is 0. The van der Waals surface area contributed by atoms with Crippen molar-refractivity contribution in [1.82, 2.24) is 0 Å². The van der Waals surface area contributed by atoms with Crippen molar-refractivity contribution in [2.75, 3.05) is 11.9 Å². The van der Waals surface area contributed by atoms with Crippen molar-refractivity contribution >= 4 is 17.6 Å². The molecule has 1 aliphatic rings. The minimum Gasteiger partial charge on any atom is -0.481 e. The Morgan fingerprint density at radius 2 is 2.14 bits per heavy atom. The lowest BCUT2D eigenvalue weighted by Crippen LogP contribution is -2.33. The molecule has 1 fully saturated rings. The van der Waals surface area contributed by atoms with Crippen LogP contribution in [-0.4, -0.2) is 29.7 Å². The number of carbonyl (C=O) groups is 2. The van der Waals surface area contributed by atoms with E-state index in [0.717, 1.165) is 19.4 Å². The highest BCUT2D eigenvalue weighted by molar-refractivity contribution is 5.91. The summed E-state index contributed by atoms with van der Waals surface area (Å²) in [5, 5.41) is 11.6. The highest BCUT2D eigenvalue weighted by Gasteiger charge is 2.30. The molecule has 5 heteroatoms. The largest absolute Gasteiger partial charge is 0.481 e. The molecule has 2 N–H and O–H groups in total. The lowest BCUT2D eigenvalue weighted by atomic mass is 9.80. The second kappa shape index (κ2) is 7.22. The summed E-state index contributed by atoms with van der Waals surface area (Å²) in [5.74, 6) is -0.513. The first kappa shape index (κ1) is 15.5. The smallest absolute Gasteiger partial charge is 0.307 e. The summed E-state index contributed by atoms with van der Waals surface area (Å²) in [7, 11) is 0. The molecule has 0 aliphatic heterocycles. The van der Waals surface area contributed by atoms with E-state index in [0.29, 0.717) is 29.7 Å². The van der Waals surface area contributed by atoms with Gasteiger partial charge in [-0.05, 0) is 43.4 Å². The van der Waals surface area contributed by atoms with Gasteiger partial charge in [0.25, 0.3) is 0 Å². The van der Waals surface area contributed by atoms with Crippen LogP contribution in [0.25, 0.3) is 0 Å². The van der Waals surface area contributed by atoms with Gasteiger partial charge in [0.15, 0.2) is 0 Å². The average molecular weight is 291 g/mol. The van der Waals surface area contributed by atoms with E-state index in [1.54, 1.807) is 24.3 Å². The normalized spacial score (nSPS) is 20.6. The van der Waals surface area contributed by atoms with Gasteiger partial charge >= 0.3 is 5.97 Å². The van der Waals surface area contributed by atoms with Crippen molar-refractivity contribution in [3.63, 3.8) is 0 Å². The number of hydrogen-bond acceptors (Lipinski definition) is 3. The quantitative estimate of drug-likeness (QED) is 0.809. The summed E-state index contributed by atoms with van der Waals surface area (Å²) in [5.41, 5.74) is 1.33.